The zero-order valence-corrected chi connectivity index (χ0v) is 17.4. The van der Waals surface area contributed by atoms with Gasteiger partial charge in [0, 0.05) is 17.6 Å². The molecule has 2 aromatic heterocycles. The number of benzene rings is 1. The van der Waals surface area contributed by atoms with Gasteiger partial charge in [-0.15, -0.1) is 0 Å². The number of hydrogen-bond donors (Lipinski definition) is 3. The van der Waals surface area contributed by atoms with Crippen LogP contribution < -0.4 is 10.6 Å². The number of aliphatic hydroxyl groups is 1. The van der Waals surface area contributed by atoms with Gasteiger partial charge in [-0.2, -0.15) is 9.97 Å². The molecule has 150 valence electrons. The van der Waals surface area contributed by atoms with Crippen molar-refractivity contribution in [3.05, 3.63) is 41.2 Å². The largest absolute Gasteiger partial charge is 0.394 e. The summed E-state index contributed by atoms with van der Waals surface area (Å²) >= 11 is 6.09. The Hall–Kier alpha value is -2.38. The molecular formula is C20H27ClN6O. The molecule has 1 atom stereocenters. The lowest BCUT2D eigenvalue weighted by Gasteiger charge is -2.20. The molecule has 0 saturated carbocycles. The highest BCUT2D eigenvalue weighted by Gasteiger charge is 2.18. The topological polar surface area (TPSA) is 87.9 Å². The Morgan fingerprint density at radius 1 is 1.18 bits per heavy atom. The van der Waals surface area contributed by atoms with Crippen LogP contribution in [0.4, 0.5) is 11.8 Å². The minimum absolute atomic E-state index is 0.00772. The summed E-state index contributed by atoms with van der Waals surface area (Å²) in [5, 5.41) is 17.0. The fraction of sp³-hybridized carbons (Fsp3) is 0.450. The molecule has 7 nitrogen and oxygen atoms in total. The molecule has 0 aliphatic heterocycles. The molecule has 3 N–H and O–H groups in total. The second-order valence-electron chi connectivity index (χ2n) is 7.47. The second kappa shape index (κ2) is 8.75. The van der Waals surface area contributed by atoms with E-state index >= 15 is 0 Å². The molecule has 8 heteroatoms. The third-order valence-electron chi connectivity index (χ3n) is 4.64. The summed E-state index contributed by atoms with van der Waals surface area (Å²) in [5.41, 5.74) is 2.51. The summed E-state index contributed by atoms with van der Waals surface area (Å²) < 4.78 is 2.01. The van der Waals surface area contributed by atoms with Gasteiger partial charge >= 0.3 is 0 Å². The van der Waals surface area contributed by atoms with Gasteiger partial charge in [-0.1, -0.05) is 37.6 Å². The summed E-state index contributed by atoms with van der Waals surface area (Å²) in [4.78, 5) is 13.8. The zero-order chi connectivity index (χ0) is 20.3. The van der Waals surface area contributed by atoms with Crippen LogP contribution in [0, 0.1) is 5.92 Å². The molecule has 3 rings (SSSR count). The molecule has 28 heavy (non-hydrogen) atoms. The Balaban J connectivity index is 1.96. The minimum Gasteiger partial charge on any atom is -0.394 e. The van der Waals surface area contributed by atoms with E-state index in [0.717, 1.165) is 11.2 Å². The van der Waals surface area contributed by atoms with Gasteiger partial charge in [0.25, 0.3) is 0 Å². The molecule has 0 fully saturated rings. The van der Waals surface area contributed by atoms with Gasteiger partial charge in [0.15, 0.2) is 17.0 Å². The summed E-state index contributed by atoms with van der Waals surface area (Å²) in [7, 11) is 0. The van der Waals surface area contributed by atoms with Crippen LogP contribution in [0.15, 0.2) is 30.6 Å². The van der Waals surface area contributed by atoms with Gasteiger partial charge in [-0.25, -0.2) is 4.98 Å². The lowest BCUT2D eigenvalue weighted by Crippen LogP contribution is -2.30. The van der Waals surface area contributed by atoms with E-state index in [0.29, 0.717) is 28.9 Å². The number of aromatic nitrogens is 4. The van der Waals surface area contributed by atoms with E-state index in [-0.39, 0.29) is 24.6 Å². The molecule has 0 saturated heterocycles. The first-order valence-corrected chi connectivity index (χ1v) is 9.87. The molecule has 0 radical (unpaired) electrons. The van der Waals surface area contributed by atoms with Crippen LogP contribution in [0.5, 0.6) is 0 Å². The molecule has 0 aliphatic rings. The number of nitrogens with zero attached hydrogens (tertiary/aromatic N) is 4. The molecule has 2 heterocycles. The maximum Gasteiger partial charge on any atom is 0.227 e. The number of rotatable bonds is 8. The number of hydrogen-bond acceptors (Lipinski definition) is 6. The van der Waals surface area contributed by atoms with E-state index in [1.165, 1.54) is 0 Å². The highest BCUT2D eigenvalue weighted by atomic mass is 35.5. The highest BCUT2D eigenvalue weighted by molar-refractivity contribution is 6.30. The van der Waals surface area contributed by atoms with Crippen molar-refractivity contribution in [3.63, 3.8) is 0 Å². The van der Waals surface area contributed by atoms with E-state index in [2.05, 4.69) is 39.4 Å². The number of halogens is 1. The van der Waals surface area contributed by atoms with Gasteiger partial charge < -0.3 is 20.3 Å². The first-order valence-electron chi connectivity index (χ1n) is 9.49. The number of fused-ring (bicyclic) bond motifs is 1. The molecule has 0 spiro atoms. The normalized spacial score (nSPS) is 12.7. The molecule has 1 aromatic carbocycles. The van der Waals surface area contributed by atoms with Crippen molar-refractivity contribution in [2.75, 3.05) is 17.2 Å². The lowest BCUT2D eigenvalue weighted by atomic mass is 10.1. The SMILES string of the molecule is CC(C)[C@H](CO)Nc1nc(NCc2cccc(Cl)c2)c2ncn(C(C)C)c2n1. The van der Waals surface area contributed by atoms with Gasteiger partial charge in [-0.05, 0) is 37.5 Å². The number of imidazole rings is 1. The minimum atomic E-state index is -0.131. The standard InChI is InChI=1S/C20H27ClN6O/c1-12(2)16(10-28)24-20-25-18(22-9-14-6-5-7-15(21)8-14)17-19(26-20)27(11-23-17)13(3)4/h5-8,11-13,16,28H,9-10H2,1-4H3,(H2,22,24,25,26)/t16-/m0/s1. The van der Waals surface area contributed by atoms with Crippen molar-refractivity contribution in [1.29, 1.82) is 0 Å². The van der Waals surface area contributed by atoms with E-state index in [9.17, 15) is 5.11 Å². The van der Waals surface area contributed by atoms with Crippen molar-refractivity contribution in [3.8, 4) is 0 Å². The molecule has 0 amide bonds. The lowest BCUT2D eigenvalue weighted by molar-refractivity contribution is 0.248. The van der Waals surface area contributed by atoms with Crippen molar-refractivity contribution < 1.29 is 5.11 Å². The molecule has 3 aromatic rings. The maximum absolute atomic E-state index is 9.66. The molecule has 0 unspecified atom stereocenters. The van der Waals surface area contributed by atoms with Gasteiger partial charge in [-0.3, -0.25) is 0 Å². The van der Waals surface area contributed by atoms with Gasteiger partial charge in [0.1, 0.15) is 0 Å². The Bertz CT molecular complexity index is 940. The van der Waals surface area contributed by atoms with Crippen molar-refractivity contribution in [2.24, 2.45) is 5.92 Å². The molecular weight excluding hydrogens is 376 g/mol. The second-order valence-corrected chi connectivity index (χ2v) is 7.91. The van der Waals surface area contributed by atoms with Crippen LogP contribution in [-0.2, 0) is 6.54 Å². The first kappa shape index (κ1) is 20.4. The first-order chi connectivity index (χ1) is 13.4. The highest BCUT2D eigenvalue weighted by Crippen LogP contribution is 2.25. The third-order valence-corrected chi connectivity index (χ3v) is 4.88. The monoisotopic (exact) mass is 402 g/mol. The Labute approximate surface area is 170 Å². The fourth-order valence-electron chi connectivity index (χ4n) is 2.90. The average molecular weight is 403 g/mol. The van der Waals surface area contributed by atoms with Crippen molar-refractivity contribution in [1.82, 2.24) is 19.5 Å². The fourth-order valence-corrected chi connectivity index (χ4v) is 3.12. The van der Waals surface area contributed by atoms with E-state index in [1.807, 2.05) is 42.7 Å². The molecule has 0 aliphatic carbocycles. The average Bonchev–Trinajstić information content (AvgIpc) is 3.08. The van der Waals surface area contributed by atoms with E-state index in [1.54, 1.807) is 6.33 Å². The van der Waals surface area contributed by atoms with Crippen molar-refractivity contribution in [2.45, 2.75) is 46.3 Å². The predicted molar refractivity (Wildman–Crippen MR) is 114 cm³/mol. The van der Waals surface area contributed by atoms with Crippen LogP contribution in [0.1, 0.15) is 39.3 Å². The summed E-state index contributed by atoms with van der Waals surface area (Å²) in [5.74, 6) is 1.35. The number of anilines is 2. The Morgan fingerprint density at radius 3 is 2.61 bits per heavy atom. The summed E-state index contributed by atoms with van der Waals surface area (Å²) in [6.07, 6.45) is 1.78. The van der Waals surface area contributed by atoms with E-state index < -0.39 is 0 Å². The Morgan fingerprint density at radius 2 is 1.96 bits per heavy atom. The maximum atomic E-state index is 9.66. The third kappa shape index (κ3) is 4.54. The Kier molecular flexibility index (Phi) is 6.36. The zero-order valence-electron chi connectivity index (χ0n) is 16.6. The van der Waals surface area contributed by atoms with Crippen LogP contribution in [0.2, 0.25) is 5.02 Å². The summed E-state index contributed by atoms with van der Waals surface area (Å²) in [6.45, 7) is 8.83. The van der Waals surface area contributed by atoms with Gasteiger partial charge in [0.05, 0.1) is 19.0 Å². The quantitative estimate of drug-likeness (QED) is 0.525. The van der Waals surface area contributed by atoms with Gasteiger partial charge in [0.2, 0.25) is 5.95 Å². The van der Waals surface area contributed by atoms with Crippen LogP contribution in [-0.4, -0.2) is 37.3 Å². The van der Waals surface area contributed by atoms with Crippen LogP contribution in [0.25, 0.3) is 11.2 Å². The smallest absolute Gasteiger partial charge is 0.227 e. The number of aliphatic hydroxyl groups excluding tert-OH is 1. The van der Waals surface area contributed by atoms with E-state index in [4.69, 9.17) is 11.6 Å². The predicted octanol–water partition coefficient (Wildman–Crippen LogP) is 4.10. The van der Waals surface area contributed by atoms with Crippen LogP contribution >= 0.6 is 11.6 Å². The van der Waals surface area contributed by atoms with Crippen LogP contribution in [0.3, 0.4) is 0 Å². The number of nitrogens with one attached hydrogen (secondary N) is 2. The molecule has 0 bridgehead atoms. The van der Waals surface area contributed by atoms with Crippen molar-refractivity contribution >= 4 is 34.5 Å². The summed E-state index contributed by atoms with van der Waals surface area (Å²) in [6, 6.07) is 7.77.